The summed E-state index contributed by atoms with van der Waals surface area (Å²) in [6.07, 6.45) is 6.20. The standard InChI is InChI=1S/C15H15N3O2/c1-16-14(19)7-6-12-2-4-13(5-3-12)10-18-11-17-9-8-15(18)20/h2-9,11H,10H2,1H3,(H,16,19)/b7-6+. The van der Waals surface area contributed by atoms with Gasteiger partial charge in [-0.1, -0.05) is 24.3 Å². The minimum atomic E-state index is -0.143. The number of benzene rings is 1. The lowest BCUT2D eigenvalue weighted by Gasteiger charge is -2.04. The fourth-order valence-electron chi connectivity index (χ4n) is 1.68. The van der Waals surface area contributed by atoms with E-state index in [-0.39, 0.29) is 11.5 Å². The van der Waals surface area contributed by atoms with Crippen LogP contribution in [0.5, 0.6) is 0 Å². The SMILES string of the molecule is CNC(=O)/C=C/c1ccc(Cn2cnccc2=O)cc1. The van der Waals surface area contributed by atoms with E-state index in [4.69, 9.17) is 0 Å². The van der Waals surface area contributed by atoms with Crippen molar-refractivity contribution in [3.63, 3.8) is 0 Å². The molecular formula is C15H15N3O2. The summed E-state index contributed by atoms with van der Waals surface area (Å²) in [6, 6.07) is 9.07. The molecule has 5 nitrogen and oxygen atoms in total. The van der Waals surface area contributed by atoms with Crippen molar-refractivity contribution in [3.05, 3.63) is 70.4 Å². The Bertz CT molecular complexity index is 672. The molecular weight excluding hydrogens is 254 g/mol. The first-order valence-corrected chi connectivity index (χ1v) is 6.18. The van der Waals surface area contributed by atoms with Gasteiger partial charge in [0.1, 0.15) is 0 Å². The van der Waals surface area contributed by atoms with E-state index in [0.29, 0.717) is 6.54 Å². The molecule has 20 heavy (non-hydrogen) atoms. The average Bonchev–Trinajstić information content (AvgIpc) is 2.48. The molecule has 1 amide bonds. The maximum absolute atomic E-state index is 11.6. The van der Waals surface area contributed by atoms with Gasteiger partial charge >= 0.3 is 0 Å². The fourth-order valence-corrected chi connectivity index (χ4v) is 1.68. The van der Waals surface area contributed by atoms with Gasteiger partial charge in [0.25, 0.3) is 5.56 Å². The first-order chi connectivity index (χ1) is 9.69. The number of amides is 1. The zero-order valence-corrected chi connectivity index (χ0v) is 11.1. The summed E-state index contributed by atoms with van der Waals surface area (Å²) < 4.78 is 1.54. The van der Waals surface area contributed by atoms with Crippen molar-refractivity contribution in [2.45, 2.75) is 6.54 Å². The molecule has 0 bridgehead atoms. The minimum absolute atomic E-state index is 0.0800. The van der Waals surface area contributed by atoms with Crippen molar-refractivity contribution in [1.82, 2.24) is 14.9 Å². The molecule has 0 unspecified atom stereocenters. The Morgan fingerprint density at radius 1 is 1.30 bits per heavy atom. The quantitative estimate of drug-likeness (QED) is 0.844. The largest absolute Gasteiger partial charge is 0.356 e. The Hall–Kier alpha value is -2.69. The highest BCUT2D eigenvalue weighted by atomic mass is 16.1. The lowest BCUT2D eigenvalue weighted by molar-refractivity contribution is -0.115. The molecule has 1 heterocycles. The highest BCUT2D eigenvalue weighted by Gasteiger charge is 1.97. The van der Waals surface area contributed by atoms with E-state index in [2.05, 4.69) is 10.3 Å². The van der Waals surface area contributed by atoms with Crippen molar-refractivity contribution in [2.24, 2.45) is 0 Å². The summed E-state index contributed by atoms with van der Waals surface area (Å²) >= 11 is 0. The molecule has 0 aliphatic rings. The van der Waals surface area contributed by atoms with Crippen LogP contribution in [0.1, 0.15) is 11.1 Å². The van der Waals surface area contributed by atoms with Crippen LogP contribution < -0.4 is 10.9 Å². The lowest BCUT2D eigenvalue weighted by atomic mass is 10.1. The normalized spacial score (nSPS) is 10.7. The number of nitrogens with zero attached hydrogens (tertiary/aromatic N) is 2. The molecule has 0 aliphatic carbocycles. The first-order valence-electron chi connectivity index (χ1n) is 6.18. The van der Waals surface area contributed by atoms with Gasteiger partial charge < -0.3 is 5.32 Å². The van der Waals surface area contributed by atoms with Gasteiger partial charge in [-0.2, -0.15) is 0 Å². The minimum Gasteiger partial charge on any atom is -0.356 e. The molecule has 0 spiro atoms. The van der Waals surface area contributed by atoms with Crippen LogP contribution in [0.3, 0.4) is 0 Å². The number of carbonyl (C=O) groups excluding carboxylic acids is 1. The van der Waals surface area contributed by atoms with Gasteiger partial charge in [-0.3, -0.25) is 14.2 Å². The number of nitrogens with one attached hydrogen (secondary N) is 1. The molecule has 102 valence electrons. The van der Waals surface area contributed by atoms with Crippen molar-refractivity contribution < 1.29 is 4.79 Å². The molecule has 0 fully saturated rings. The third kappa shape index (κ3) is 3.65. The van der Waals surface area contributed by atoms with Crippen molar-refractivity contribution in [2.75, 3.05) is 7.05 Å². The van der Waals surface area contributed by atoms with Crippen molar-refractivity contribution in [3.8, 4) is 0 Å². The van der Waals surface area contributed by atoms with Gasteiger partial charge in [0, 0.05) is 25.4 Å². The summed E-state index contributed by atoms with van der Waals surface area (Å²) in [5.74, 6) is -0.143. The molecule has 2 rings (SSSR count). The molecule has 5 heteroatoms. The summed E-state index contributed by atoms with van der Waals surface area (Å²) in [7, 11) is 1.58. The van der Waals surface area contributed by atoms with Crippen LogP contribution >= 0.6 is 0 Å². The molecule has 0 saturated heterocycles. The second-order valence-corrected chi connectivity index (χ2v) is 4.24. The van der Waals surface area contributed by atoms with E-state index in [1.807, 2.05) is 24.3 Å². The zero-order valence-electron chi connectivity index (χ0n) is 11.1. The predicted octanol–water partition coefficient (Wildman–Crippen LogP) is 1.05. The fraction of sp³-hybridized carbons (Fsp3) is 0.133. The van der Waals surface area contributed by atoms with Gasteiger partial charge in [0.15, 0.2) is 0 Å². The van der Waals surface area contributed by atoms with Crippen LogP contribution in [0.4, 0.5) is 0 Å². The van der Waals surface area contributed by atoms with Crippen LogP contribution in [-0.2, 0) is 11.3 Å². The first kappa shape index (κ1) is 13.7. The van der Waals surface area contributed by atoms with E-state index >= 15 is 0 Å². The number of hydrogen-bond donors (Lipinski definition) is 1. The third-order valence-corrected chi connectivity index (χ3v) is 2.80. The van der Waals surface area contributed by atoms with Crippen molar-refractivity contribution >= 4 is 12.0 Å². The number of rotatable bonds is 4. The van der Waals surface area contributed by atoms with E-state index in [1.165, 1.54) is 29.2 Å². The Balaban J connectivity index is 2.09. The van der Waals surface area contributed by atoms with Crippen LogP contribution in [0.2, 0.25) is 0 Å². The number of likely N-dealkylation sites (N-methyl/N-ethyl adjacent to an activating group) is 1. The Labute approximate surface area is 116 Å². The lowest BCUT2D eigenvalue weighted by Crippen LogP contribution is -2.19. The topological polar surface area (TPSA) is 64.0 Å². The van der Waals surface area contributed by atoms with Gasteiger partial charge in [-0.25, -0.2) is 4.98 Å². The van der Waals surface area contributed by atoms with Gasteiger partial charge in [0.05, 0.1) is 12.9 Å². The summed E-state index contributed by atoms with van der Waals surface area (Å²) in [5, 5.41) is 2.51. The van der Waals surface area contributed by atoms with Crippen LogP contribution in [-0.4, -0.2) is 22.5 Å². The Morgan fingerprint density at radius 2 is 2.05 bits per heavy atom. The summed E-state index contributed by atoms with van der Waals surface area (Å²) in [6.45, 7) is 0.478. The third-order valence-electron chi connectivity index (χ3n) is 2.80. The van der Waals surface area contributed by atoms with E-state index in [0.717, 1.165) is 11.1 Å². The zero-order chi connectivity index (χ0) is 14.4. The smallest absolute Gasteiger partial charge is 0.253 e. The van der Waals surface area contributed by atoms with Gasteiger partial charge in [-0.05, 0) is 17.2 Å². The van der Waals surface area contributed by atoms with Gasteiger partial charge in [-0.15, -0.1) is 0 Å². The molecule has 0 saturated carbocycles. The maximum atomic E-state index is 11.6. The van der Waals surface area contributed by atoms with Crippen LogP contribution in [0.15, 0.2) is 53.7 Å². The number of carbonyl (C=O) groups is 1. The monoisotopic (exact) mass is 269 g/mol. The van der Waals surface area contributed by atoms with Crippen LogP contribution in [0, 0.1) is 0 Å². The van der Waals surface area contributed by atoms with E-state index in [9.17, 15) is 9.59 Å². The highest BCUT2D eigenvalue weighted by molar-refractivity contribution is 5.91. The number of hydrogen-bond acceptors (Lipinski definition) is 3. The average molecular weight is 269 g/mol. The Morgan fingerprint density at radius 3 is 2.70 bits per heavy atom. The Kier molecular flexibility index (Phi) is 4.44. The van der Waals surface area contributed by atoms with Crippen LogP contribution in [0.25, 0.3) is 6.08 Å². The molecule has 0 atom stereocenters. The second-order valence-electron chi connectivity index (χ2n) is 4.24. The van der Waals surface area contributed by atoms with E-state index < -0.39 is 0 Å². The predicted molar refractivity (Wildman–Crippen MR) is 77.1 cm³/mol. The molecule has 0 radical (unpaired) electrons. The molecule has 1 aromatic carbocycles. The molecule has 1 aromatic heterocycles. The van der Waals surface area contributed by atoms with Crippen molar-refractivity contribution in [1.29, 1.82) is 0 Å². The summed E-state index contributed by atoms with van der Waals surface area (Å²) in [5.41, 5.74) is 1.84. The van der Waals surface area contributed by atoms with E-state index in [1.54, 1.807) is 13.1 Å². The molecule has 1 N–H and O–H groups in total. The highest BCUT2D eigenvalue weighted by Crippen LogP contribution is 2.07. The number of aromatic nitrogens is 2. The molecule has 0 aliphatic heterocycles. The molecule has 2 aromatic rings. The second kappa shape index (κ2) is 6.47. The summed E-state index contributed by atoms with van der Waals surface area (Å²) in [4.78, 5) is 26.6. The maximum Gasteiger partial charge on any atom is 0.253 e. The van der Waals surface area contributed by atoms with Gasteiger partial charge in [0.2, 0.25) is 5.91 Å².